The van der Waals surface area contributed by atoms with E-state index in [2.05, 4.69) is 20.0 Å². The summed E-state index contributed by atoms with van der Waals surface area (Å²) in [6, 6.07) is 6.58. The van der Waals surface area contributed by atoms with Crippen LogP contribution in [0.5, 0.6) is 11.6 Å². The monoisotopic (exact) mass is 469 g/mol. The van der Waals surface area contributed by atoms with Crippen LogP contribution in [0.1, 0.15) is 11.3 Å². The Balaban J connectivity index is 1.56. The Morgan fingerprint density at radius 1 is 1.18 bits per heavy atom. The Kier molecular flexibility index (Phi) is 4.93. The molecule has 0 radical (unpaired) electrons. The largest absolute Gasteiger partial charge is 0.495 e. The van der Waals surface area contributed by atoms with E-state index in [4.69, 9.17) is 18.4 Å². The first-order valence-corrected chi connectivity index (χ1v) is 11.3. The fourth-order valence-corrected chi connectivity index (χ4v) is 4.90. The number of furan rings is 1. The number of anilines is 1. The third-order valence-electron chi connectivity index (χ3n) is 5.01. The van der Waals surface area contributed by atoms with Crippen LogP contribution in [0.15, 0.2) is 56.8 Å². The lowest BCUT2D eigenvalue weighted by Crippen LogP contribution is -2.15. The van der Waals surface area contributed by atoms with Crippen molar-refractivity contribution in [2.45, 2.75) is 18.4 Å². The van der Waals surface area contributed by atoms with Gasteiger partial charge in [-0.05, 0) is 30.7 Å². The van der Waals surface area contributed by atoms with E-state index in [0.717, 1.165) is 5.56 Å². The highest BCUT2D eigenvalue weighted by molar-refractivity contribution is 7.93. The second-order valence-corrected chi connectivity index (χ2v) is 8.90. The van der Waals surface area contributed by atoms with Gasteiger partial charge in [0.15, 0.2) is 21.9 Å². The van der Waals surface area contributed by atoms with Crippen LogP contribution >= 0.6 is 0 Å². The molecule has 0 saturated carbocycles. The van der Waals surface area contributed by atoms with Gasteiger partial charge in [-0.15, -0.1) is 0 Å². The highest BCUT2D eigenvalue weighted by Gasteiger charge is 2.28. The number of fused-ring (bicyclic) bond motifs is 2. The molecule has 4 heterocycles. The average molecular weight is 469 g/mol. The minimum atomic E-state index is -4.18. The fourth-order valence-electron chi connectivity index (χ4n) is 3.58. The summed E-state index contributed by atoms with van der Waals surface area (Å²) >= 11 is 0. The van der Waals surface area contributed by atoms with Gasteiger partial charge in [-0.1, -0.05) is 5.16 Å². The number of pyridine rings is 1. The lowest BCUT2D eigenvalue weighted by atomic mass is 10.2. The zero-order valence-electron chi connectivity index (χ0n) is 17.9. The molecule has 0 bridgehead atoms. The van der Waals surface area contributed by atoms with Crippen LogP contribution in [0.4, 0.5) is 5.82 Å². The van der Waals surface area contributed by atoms with Gasteiger partial charge in [0.2, 0.25) is 5.88 Å². The van der Waals surface area contributed by atoms with E-state index in [9.17, 15) is 8.42 Å². The quantitative estimate of drug-likeness (QED) is 0.381. The summed E-state index contributed by atoms with van der Waals surface area (Å²) in [6.45, 7) is 2.31. The zero-order chi connectivity index (χ0) is 23.2. The van der Waals surface area contributed by atoms with Gasteiger partial charge in [0.25, 0.3) is 10.0 Å². The summed E-state index contributed by atoms with van der Waals surface area (Å²) in [4.78, 5) is 4.32. The minimum absolute atomic E-state index is 0.0681. The number of aryl methyl sites for hydroxylation is 1. The number of aromatic nitrogens is 4. The topological polar surface area (TPSA) is 135 Å². The van der Waals surface area contributed by atoms with Crippen molar-refractivity contribution in [3.63, 3.8) is 0 Å². The van der Waals surface area contributed by atoms with Crippen molar-refractivity contribution in [3.05, 3.63) is 54.2 Å². The van der Waals surface area contributed by atoms with E-state index in [-0.39, 0.29) is 33.3 Å². The van der Waals surface area contributed by atoms with Gasteiger partial charge in [0.1, 0.15) is 11.1 Å². The lowest BCUT2D eigenvalue weighted by molar-refractivity contribution is 0.400. The Morgan fingerprint density at radius 3 is 2.76 bits per heavy atom. The second kappa shape index (κ2) is 7.81. The van der Waals surface area contributed by atoms with Gasteiger partial charge >= 0.3 is 0 Å². The third kappa shape index (κ3) is 3.63. The third-order valence-corrected chi connectivity index (χ3v) is 6.40. The molecule has 12 heteroatoms. The number of hydrogen-bond acceptors (Lipinski definition) is 9. The van der Waals surface area contributed by atoms with Crippen LogP contribution in [-0.4, -0.2) is 42.6 Å². The van der Waals surface area contributed by atoms with Crippen LogP contribution in [0.25, 0.3) is 21.9 Å². The van der Waals surface area contributed by atoms with E-state index in [0.29, 0.717) is 23.2 Å². The molecule has 0 fully saturated rings. The molecule has 5 rings (SSSR count). The van der Waals surface area contributed by atoms with E-state index < -0.39 is 10.0 Å². The molecular weight excluding hydrogens is 450 g/mol. The molecule has 11 nitrogen and oxygen atoms in total. The number of hydrogen-bond donors (Lipinski definition) is 1. The van der Waals surface area contributed by atoms with Gasteiger partial charge < -0.3 is 18.4 Å². The first-order valence-electron chi connectivity index (χ1n) is 9.79. The molecule has 0 unspecified atom stereocenters. The highest BCUT2D eigenvalue weighted by Crippen LogP contribution is 2.37. The molecule has 0 aliphatic carbocycles. The molecule has 1 aromatic carbocycles. The first kappa shape index (κ1) is 20.8. The number of benzene rings is 1. The standard InChI is InChI=1S/C21H19N5O6S/c1-12-9-22-26(10-12)11-14-8-16-17(21(23-14)30-3)20(24-32-16)25-33(27,28)19-15(29-2)5-4-13-6-7-31-18(13)19/h4-10H,11H2,1-3H3,(H,24,25). The molecule has 0 atom stereocenters. The molecule has 33 heavy (non-hydrogen) atoms. The maximum absolute atomic E-state index is 13.3. The summed E-state index contributed by atoms with van der Waals surface area (Å²) in [7, 11) is -1.37. The predicted molar refractivity (Wildman–Crippen MR) is 118 cm³/mol. The van der Waals surface area contributed by atoms with Gasteiger partial charge in [0.05, 0.1) is 38.9 Å². The molecule has 0 aliphatic heterocycles. The minimum Gasteiger partial charge on any atom is -0.495 e. The summed E-state index contributed by atoms with van der Waals surface area (Å²) in [5, 5.41) is 9.05. The van der Waals surface area contributed by atoms with E-state index >= 15 is 0 Å². The summed E-state index contributed by atoms with van der Waals surface area (Å²) in [6.07, 6.45) is 5.02. The lowest BCUT2D eigenvalue weighted by Gasteiger charge is -2.11. The van der Waals surface area contributed by atoms with Crippen LogP contribution in [-0.2, 0) is 16.6 Å². The summed E-state index contributed by atoms with van der Waals surface area (Å²) in [5.74, 6) is 0.217. The number of nitrogens with one attached hydrogen (secondary N) is 1. The molecule has 0 aliphatic rings. The van der Waals surface area contributed by atoms with Gasteiger partial charge in [0, 0.05) is 17.6 Å². The van der Waals surface area contributed by atoms with Gasteiger partial charge in [-0.25, -0.2) is 13.4 Å². The van der Waals surface area contributed by atoms with Crippen LogP contribution in [0.3, 0.4) is 0 Å². The average Bonchev–Trinajstić information content (AvgIpc) is 3.52. The van der Waals surface area contributed by atoms with E-state index in [1.807, 2.05) is 13.1 Å². The smallest absolute Gasteiger partial charge is 0.270 e. The number of rotatable bonds is 7. The van der Waals surface area contributed by atoms with E-state index in [1.165, 1.54) is 20.5 Å². The van der Waals surface area contributed by atoms with Gasteiger partial charge in [-0.3, -0.25) is 9.40 Å². The highest BCUT2D eigenvalue weighted by atomic mass is 32.2. The van der Waals surface area contributed by atoms with Crippen molar-refractivity contribution < 1.29 is 26.8 Å². The van der Waals surface area contributed by atoms with Crippen molar-refractivity contribution in [3.8, 4) is 11.6 Å². The SMILES string of the molecule is COc1ccc2ccoc2c1S(=O)(=O)Nc1noc2cc(Cn3cc(C)cn3)nc(OC)c12. The summed E-state index contributed by atoms with van der Waals surface area (Å²) < 4.78 is 52.4. The Morgan fingerprint density at radius 2 is 2.03 bits per heavy atom. The fraction of sp³-hybridized carbons (Fsp3) is 0.190. The molecule has 0 spiro atoms. The molecule has 5 aromatic rings. The van der Waals surface area contributed by atoms with Crippen LogP contribution < -0.4 is 14.2 Å². The molecular formula is C21H19N5O6S. The normalized spacial score (nSPS) is 11.8. The number of ether oxygens (including phenoxy) is 2. The Labute approximate surface area is 187 Å². The Hall–Kier alpha value is -4.06. The van der Waals surface area contributed by atoms with Crippen molar-refractivity contribution in [2.75, 3.05) is 18.9 Å². The summed E-state index contributed by atoms with van der Waals surface area (Å²) in [5.41, 5.74) is 2.09. The van der Waals surface area contributed by atoms with Crippen LogP contribution in [0, 0.1) is 6.92 Å². The van der Waals surface area contributed by atoms with E-state index in [1.54, 1.807) is 35.1 Å². The molecule has 170 valence electrons. The number of methoxy groups -OCH3 is 2. The van der Waals surface area contributed by atoms with Crippen molar-refractivity contribution >= 4 is 37.8 Å². The maximum atomic E-state index is 13.3. The first-order chi connectivity index (χ1) is 15.9. The van der Waals surface area contributed by atoms with Crippen molar-refractivity contribution in [1.82, 2.24) is 19.9 Å². The molecule has 0 saturated heterocycles. The number of sulfonamides is 1. The molecule has 4 aromatic heterocycles. The number of nitrogens with zero attached hydrogens (tertiary/aromatic N) is 4. The molecule has 0 amide bonds. The van der Waals surface area contributed by atoms with Crippen molar-refractivity contribution in [1.29, 1.82) is 0 Å². The zero-order valence-corrected chi connectivity index (χ0v) is 18.7. The maximum Gasteiger partial charge on any atom is 0.270 e. The van der Waals surface area contributed by atoms with Crippen LogP contribution in [0.2, 0.25) is 0 Å². The van der Waals surface area contributed by atoms with Crippen molar-refractivity contribution in [2.24, 2.45) is 0 Å². The second-order valence-electron chi connectivity index (χ2n) is 7.28. The Bertz CT molecular complexity index is 1580. The predicted octanol–water partition coefficient (Wildman–Crippen LogP) is 3.34. The van der Waals surface area contributed by atoms with Gasteiger partial charge in [-0.2, -0.15) is 5.10 Å². The molecule has 1 N–H and O–H groups in total.